The molecule has 0 heterocycles. The molecule has 0 fully saturated rings. The Hall–Kier alpha value is -1.93. The lowest BCUT2D eigenvalue weighted by Gasteiger charge is -2.23. The number of hydrogen-bond donors (Lipinski definition) is 1. The third-order valence-electron chi connectivity index (χ3n) is 2.99. The Morgan fingerprint density at radius 1 is 1.58 bits per heavy atom. The van der Waals surface area contributed by atoms with Gasteiger partial charge in [-0.05, 0) is 24.2 Å². The Labute approximate surface area is 112 Å². The Bertz CT molecular complexity index is 497. The van der Waals surface area contributed by atoms with Crippen LogP contribution in [0.15, 0.2) is 18.2 Å². The van der Waals surface area contributed by atoms with Crippen LogP contribution >= 0.6 is 0 Å². The molecule has 0 aliphatic rings. The highest BCUT2D eigenvalue weighted by atomic mass is 19.1. The summed E-state index contributed by atoms with van der Waals surface area (Å²) < 4.78 is 13.0. The zero-order chi connectivity index (χ0) is 14.4. The van der Waals surface area contributed by atoms with Crippen molar-refractivity contribution in [1.29, 1.82) is 5.26 Å². The number of halogens is 1. The number of rotatable bonds is 6. The molecule has 19 heavy (non-hydrogen) atoms. The molecule has 102 valence electrons. The van der Waals surface area contributed by atoms with Crippen LogP contribution in [0.4, 0.5) is 4.39 Å². The van der Waals surface area contributed by atoms with Gasteiger partial charge < -0.3 is 5.11 Å². The minimum Gasteiger partial charge on any atom is -0.481 e. The molecule has 0 amide bonds. The van der Waals surface area contributed by atoms with Gasteiger partial charge in [0.2, 0.25) is 0 Å². The molecule has 0 saturated heterocycles. The largest absolute Gasteiger partial charge is 0.481 e. The molecule has 1 rings (SSSR count). The Balaban J connectivity index is 2.82. The zero-order valence-electron chi connectivity index (χ0n) is 11.1. The average molecular weight is 264 g/mol. The van der Waals surface area contributed by atoms with Crippen LogP contribution in [0, 0.1) is 23.1 Å². The smallest absolute Gasteiger partial charge is 0.307 e. The van der Waals surface area contributed by atoms with E-state index in [4.69, 9.17) is 10.4 Å². The first-order chi connectivity index (χ1) is 8.97. The highest BCUT2D eigenvalue weighted by Gasteiger charge is 2.16. The van der Waals surface area contributed by atoms with E-state index in [1.54, 1.807) is 13.0 Å². The first kappa shape index (κ1) is 15.1. The lowest BCUT2D eigenvalue weighted by Crippen LogP contribution is -2.31. The highest BCUT2D eigenvalue weighted by Crippen LogP contribution is 2.14. The van der Waals surface area contributed by atoms with E-state index in [1.807, 2.05) is 17.9 Å². The summed E-state index contributed by atoms with van der Waals surface area (Å²) in [6, 6.07) is 6.04. The molecular formula is C14H17FN2O2. The van der Waals surface area contributed by atoms with E-state index in [2.05, 4.69) is 0 Å². The maximum atomic E-state index is 13.0. The molecule has 1 atom stereocenters. The Morgan fingerprint density at radius 3 is 2.79 bits per heavy atom. The second-order valence-electron chi connectivity index (χ2n) is 4.48. The molecule has 1 unspecified atom stereocenters. The van der Waals surface area contributed by atoms with Crippen LogP contribution < -0.4 is 0 Å². The van der Waals surface area contributed by atoms with Gasteiger partial charge in [0.05, 0.1) is 17.6 Å². The number of carboxylic acids is 1. The molecule has 5 heteroatoms. The minimum atomic E-state index is -0.849. The molecule has 0 bridgehead atoms. The highest BCUT2D eigenvalue weighted by molar-refractivity contribution is 5.69. The van der Waals surface area contributed by atoms with Crippen molar-refractivity contribution in [3.63, 3.8) is 0 Å². The minimum absolute atomic E-state index is 0.293. The molecule has 0 radical (unpaired) electrons. The van der Waals surface area contributed by atoms with Crippen LogP contribution in [0.3, 0.4) is 0 Å². The van der Waals surface area contributed by atoms with Crippen molar-refractivity contribution in [2.75, 3.05) is 13.1 Å². The van der Waals surface area contributed by atoms with E-state index in [9.17, 15) is 9.18 Å². The Morgan fingerprint density at radius 2 is 2.26 bits per heavy atom. The van der Waals surface area contributed by atoms with Crippen molar-refractivity contribution in [2.24, 2.45) is 5.92 Å². The maximum Gasteiger partial charge on any atom is 0.307 e. The average Bonchev–Trinajstić information content (AvgIpc) is 2.39. The summed E-state index contributed by atoms with van der Waals surface area (Å²) in [6.45, 7) is 5.07. The van der Waals surface area contributed by atoms with Crippen LogP contribution in [0.1, 0.15) is 25.0 Å². The first-order valence-corrected chi connectivity index (χ1v) is 6.11. The van der Waals surface area contributed by atoms with Crippen LogP contribution in [0.2, 0.25) is 0 Å². The molecule has 1 aromatic rings. The molecule has 0 aliphatic carbocycles. The topological polar surface area (TPSA) is 64.3 Å². The first-order valence-electron chi connectivity index (χ1n) is 6.11. The van der Waals surface area contributed by atoms with Crippen molar-refractivity contribution in [3.8, 4) is 6.07 Å². The second-order valence-corrected chi connectivity index (χ2v) is 4.48. The van der Waals surface area contributed by atoms with Gasteiger partial charge in [0.15, 0.2) is 0 Å². The molecule has 0 aliphatic heterocycles. The third kappa shape index (κ3) is 4.34. The van der Waals surface area contributed by atoms with Gasteiger partial charge in [-0.15, -0.1) is 0 Å². The second kappa shape index (κ2) is 6.86. The predicted molar refractivity (Wildman–Crippen MR) is 68.9 cm³/mol. The van der Waals surface area contributed by atoms with Gasteiger partial charge in [0.1, 0.15) is 5.82 Å². The van der Waals surface area contributed by atoms with Crippen molar-refractivity contribution < 1.29 is 14.3 Å². The molecule has 0 spiro atoms. The van der Waals surface area contributed by atoms with E-state index in [-0.39, 0.29) is 0 Å². The fourth-order valence-electron chi connectivity index (χ4n) is 1.80. The number of nitrogens with zero attached hydrogens (tertiary/aromatic N) is 2. The van der Waals surface area contributed by atoms with Crippen molar-refractivity contribution >= 4 is 5.97 Å². The van der Waals surface area contributed by atoms with E-state index < -0.39 is 17.7 Å². The van der Waals surface area contributed by atoms with Crippen LogP contribution in [0.5, 0.6) is 0 Å². The van der Waals surface area contributed by atoms with Gasteiger partial charge in [-0.3, -0.25) is 9.69 Å². The number of carboxylic acid groups (broad SMARTS) is 1. The quantitative estimate of drug-likeness (QED) is 0.855. The summed E-state index contributed by atoms with van der Waals surface area (Å²) in [6.07, 6.45) is 0. The maximum absolute atomic E-state index is 13.0. The molecule has 1 aromatic carbocycles. The number of carbonyl (C=O) groups is 1. The lowest BCUT2D eigenvalue weighted by atomic mass is 10.1. The van der Waals surface area contributed by atoms with Gasteiger partial charge in [0.25, 0.3) is 0 Å². The van der Waals surface area contributed by atoms with Gasteiger partial charge in [-0.1, -0.05) is 19.9 Å². The number of nitriles is 1. The summed E-state index contributed by atoms with van der Waals surface area (Å²) in [5.41, 5.74) is 1.00. The standard InChI is InChI=1S/C14H17FN2O2/c1-3-17(8-10(2)14(18)19)9-11-4-5-13(15)6-12(11)7-16/h4-6,10H,3,8-9H2,1-2H3,(H,18,19). The normalized spacial score (nSPS) is 12.2. The predicted octanol–water partition coefficient (Wildman–Crippen LogP) is 2.24. The van der Waals surface area contributed by atoms with Gasteiger partial charge in [-0.2, -0.15) is 5.26 Å². The summed E-state index contributed by atoms with van der Waals surface area (Å²) in [5.74, 6) is -1.77. The lowest BCUT2D eigenvalue weighted by molar-refractivity contribution is -0.141. The van der Waals surface area contributed by atoms with Crippen LogP contribution in [0.25, 0.3) is 0 Å². The SMILES string of the molecule is CCN(Cc1ccc(F)cc1C#N)CC(C)C(=O)O. The molecule has 4 nitrogen and oxygen atoms in total. The fourth-order valence-corrected chi connectivity index (χ4v) is 1.80. The monoisotopic (exact) mass is 264 g/mol. The van der Waals surface area contributed by atoms with Gasteiger partial charge in [-0.25, -0.2) is 4.39 Å². The van der Waals surface area contributed by atoms with E-state index in [1.165, 1.54) is 12.1 Å². The van der Waals surface area contributed by atoms with Gasteiger partial charge in [0, 0.05) is 13.1 Å². The molecule has 0 aromatic heterocycles. The summed E-state index contributed by atoms with van der Waals surface area (Å²) >= 11 is 0. The van der Waals surface area contributed by atoms with E-state index in [0.29, 0.717) is 30.8 Å². The Kier molecular flexibility index (Phi) is 5.46. The van der Waals surface area contributed by atoms with Crippen molar-refractivity contribution in [3.05, 3.63) is 35.1 Å². The van der Waals surface area contributed by atoms with Gasteiger partial charge >= 0.3 is 5.97 Å². The molecular weight excluding hydrogens is 247 g/mol. The molecule has 1 N–H and O–H groups in total. The van der Waals surface area contributed by atoms with E-state index >= 15 is 0 Å². The summed E-state index contributed by atoms with van der Waals surface area (Å²) in [5, 5.41) is 17.9. The van der Waals surface area contributed by atoms with Crippen molar-refractivity contribution in [1.82, 2.24) is 4.90 Å². The van der Waals surface area contributed by atoms with Crippen LogP contribution in [-0.2, 0) is 11.3 Å². The summed E-state index contributed by atoms with van der Waals surface area (Å²) in [7, 11) is 0. The van der Waals surface area contributed by atoms with E-state index in [0.717, 1.165) is 0 Å². The third-order valence-corrected chi connectivity index (χ3v) is 2.99. The number of aliphatic carboxylic acids is 1. The summed E-state index contributed by atoms with van der Waals surface area (Å²) in [4.78, 5) is 12.8. The van der Waals surface area contributed by atoms with Crippen LogP contribution in [-0.4, -0.2) is 29.1 Å². The zero-order valence-corrected chi connectivity index (χ0v) is 11.1. The fraction of sp³-hybridized carbons (Fsp3) is 0.429. The van der Waals surface area contributed by atoms with Crippen molar-refractivity contribution in [2.45, 2.75) is 20.4 Å². The number of benzene rings is 1. The molecule has 0 saturated carbocycles. The number of hydrogen-bond acceptors (Lipinski definition) is 3.